The van der Waals surface area contributed by atoms with Crippen molar-refractivity contribution in [2.75, 3.05) is 31.6 Å². The Balaban J connectivity index is 1.76. The van der Waals surface area contributed by atoms with E-state index < -0.39 is 0 Å². The summed E-state index contributed by atoms with van der Waals surface area (Å²) in [5, 5.41) is 2.97. The van der Waals surface area contributed by atoms with Gasteiger partial charge in [0.25, 0.3) is 0 Å². The summed E-state index contributed by atoms with van der Waals surface area (Å²) in [5.74, 6) is -0.105. The minimum absolute atomic E-state index is 0.0128. The Morgan fingerprint density at radius 2 is 1.69 bits per heavy atom. The maximum absolute atomic E-state index is 13.6. The molecule has 3 aromatic rings. The number of rotatable bonds is 12. The molecule has 0 bridgehead atoms. The highest BCUT2D eigenvalue weighted by Gasteiger charge is 2.23. The molecular weight excluding hydrogens is 440 g/mol. The maximum atomic E-state index is 13.6. The lowest BCUT2D eigenvalue weighted by atomic mass is 10.2. The van der Waals surface area contributed by atoms with Crippen LogP contribution in [0.3, 0.4) is 0 Å². The van der Waals surface area contributed by atoms with Gasteiger partial charge in [0.1, 0.15) is 6.54 Å². The Labute approximate surface area is 208 Å². The van der Waals surface area contributed by atoms with E-state index in [0.717, 1.165) is 22.5 Å². The van der Waals surface area contributed by atoms with Crippen molar-refractivity contribution in [3.8, 4) is 0 Å². The van der Waals surface area contributed by atoms with Crippen LogP contribution in [0.5, 0.6) is 0 Å². The van der Waals surface area contributed by atoms with Gasteiger partial charge in [-0.15, -0.1) is 0 Å². The van der Waals surface area contributed by atoms with Gasteiger partial charge in [0.05, 0.1) is 6.54 Å². The van der Waals surface area contributed by atoms with Gasteiger partial charge < -0.3 is 24.4 Å². The van der Waals surface area contributed by atoms with Gasteiger partial charge >= 0.3 is 6.03 Å². The number of hydrogen-bond acceptors (Lipinski definition) is 3. The topological polar surface area (TPSA) is 66.8 Å². The average molecular weight is 477 g/mol. The Kier molecular flexibility index (Phi) is 9.93. The molecule has 0 saturated carbocycles. The summed E-state index contributed by atoms with van der Waals surface area (Å²) in [5.41, 5.74) is 3.78. The Morgan fingerprint density at radius 3 is 2.37 bits per heavy atom. The average Bonchev–Trinajstić information content (AvgIpc) is 3.26. The van der Waals surface area contributed by atoms with Crippen molar-refractivity contribution >= 4 is 17.6 Å². The number of amides is 3. The third-order valence-corrected chi connectivity index (χ3v) is 5.89. The van der Waals surface area contributed by atoms with Crippen LogP contribution >= 0.6 is 0 Å². The molecule has 0 atom stereocenters. The molecule has 7 heteroatoms. The summed E-state index contributed by atoms with van der Waals surface area (Å²) in [7, 11) is 1.97. The predicted octanol–water partition coefficient (Wildman–Crippen LogP) is 4.82. The first kappa shape index (κ1) is 26.0. The summed E-state index contributed by atoms with van der Waals surface area (Å²) >= 11 is 0. The lowest BCUT2D eigenvalue weighted by molar-refractivity contribution is -0.133. The van der Waals surface area contributed by atoms with Gasteiger partial charge in [-0.25, -0.2) is 4.79 Å². The van der Waals surface area contributed by atoms with Crippen molar-refractivity contribution in [1.29, 1.82) is 0 Å². The number of nitrogens with one attached hydrogen (secondary N) is 1. The fraction of sp³-hybridized carbons (Fsp3) is 0.357. The van der Waals surface area contributed by atoms with Gasteiger partial charge in [0, 0.05) is 50.9 Å². The zero-order chi connectivity index (χ0) is 25.0. The van der Waals surface area contributed by atoms with Crippen molar-refractivity contribution in [2.24, 2.45) is 7.05 Å². The van der Waals surface area contributed by atoms with Gasteiger partial charge in [-0.3, -0.25) is 4.79 Å². The Hall–Kier alpha value is -3.58. The van der Waals surface area contributed by atoms with Gasteiger partial charge in [0.15, 0.2) is 0 Å². The number of aromatic nitrogens is 1. The first-order chi connectivity index (χ1) is 17.0. The normalized spacial score (nSPS) is 10.7. The predicted molar refractivity (Wildman–Crippen MR) is 139 cm³/mol. The van der Waals surface area contributed by atoms with Crippen molar-refractivity contribution in [1.82, 2.24) is 14.4 Å². The van der Waals surface area contributed by atoms with Crippen molar-refractivity contribution in [2.45, 2.75) is 33.4 Å². The summed E-state index contributed by atoms with van der Waals surface area (Å²) < 4.78 is 7.47. The number of urea groups is 1. The van der Waals surface area contributed by atoms with Crippen LogP contribution in [0.15, 0.2) is 72.9 Å². The standard InChI is InChI=1S/C28H36N4O3/c1-4-35-19-11-18-31(28(34)29-26-16-9-8-12-23(26)2)22-27(33)32(20-24-13-6-5-7-14-24)21-25-15-10-17-30(25)3/h5-10,12-17H,4,11,18-22H2,1-3H3,(H,29,34). The summed E-state index contributed by atoms with van der Waals surface area (Å²) in [6, 6.07) is 21.2. The van der Waals surface area contributed by atoms with Gasteiger partial charge in [-0.05, 0) is 49.6 Å². The molecule has 0 aliphatic heterocycles. The van der Waals surface area contributed by atoms with Crippen LogP contribution in [-0.2, 0) is 29.7 Å². The van der Waals surface area contributed by atoms with Crippen molar-refractivity contribution < 1.29 is 14.3 Å². The molecule has 1 N–H and O–H groups in total. The lowest BCUT2D eigenvalue weighted by Gasteiger charge is -2.28. The quantitative estimate of drug-likeness (QED) is 0.381. The molecule has 0 saturated heterocycles. The van der Waals surface area contributed by atoms with Crippen LogP contribution in [0.25, 0.3) is 0 Å². The molecule has 0 radical (unpaired) electrons. The number of para-hydroxylation sites is 1. The van der Waals surface area contributed by atoms with E-state index in [0.29, 0.717) is 39.3 Å². The second-order valence-electron chi connectivity index (χ2n) is 8.56. The van der Waals surface area contributed by atoms with E-state index >= 15 is 0 Å². The number of anilines is 1. The number of ether oxygens (including phenoxy) is 1. The largest absolute Gasteiger partial charge is 0.382 e. The first-order valence-electron chi connectivity index (χ1n) is 12.1. The van der Waals surface area contributed by atoms with Crippen LogP contribution in [-0.4, -0.2) is 52.6 Å². The van der Waals surface area contributed by atoms with Gasteiger partial charge in [0.2, 0.25) is 5.91 Å². The summed E-state index contributed by atoms with van der Waals surface area (Å²) in [6.45, 7) is 6.39. The minimum atomic E-state index is -0.289. The van der Waals surface area contributed by atoms with Crippen LogP contribution in [0.1, 0.15) is 30.2 Å². The lowest BCUT2D eigenvalue weighted by Crippen LogP contribution is -2.45. The molecular formula is C28H36N4O3. The highest BCUT2D eigenvalue weighted by molar-refractivity contribution is 5.93. The molecule has 0 unspecified atom stereocenters. The molecule has 1 aromatic heterocycles. The number of carbonyl (C=O) groups is 2. The van der Waals surface area contributed by atoms with Gasteiger partial charge in [-0.2, -0.15) is 0 Å². The zero-order valence-corrected chi connectivity index (χ0v) is 20.9. The smallest absolute Gasteiger partial charge is 0.322 e. The second kappa shape index (κ2) is 13.3. The number of aryl methyl sites for hydroxylation is 2. The van der Waals surface area contributed by atoms with E-state index in [1.807, 2.05) is 98.4 Å². The number of hydrogen-bond donors (Lipinski definition) is 1. The van der Waals surface area contributed by atoms with Crippen LogP contribution in [0, 0.1) is 6.92 Å². The molecule has 186 valence electrons. The van der Waals surface area contributed by atoms with E-state index in [-0.39, 0.29) is 18.5 Å². The fourth-order valence-corrected chi connectivity index (χ4v) is 3.82. The zero-order valence-electron chi connectivity index (χ0n) is 20.9. The summed E-state index contributed by atoms with van der Waals surface area (Å²) in [6.07, 6.45) is 2.62. The Bertz CT molecular complexity index is 1080. The second-order valence-corrected chi connectivity index (χ2v) is 8.56. The molecule has 0 aliphatic carbocycles. The van der Waals surface area contributed by atoms with Crippen LogP contribution in [0.4, 0.5) is 10.5 Å². The fourth-order valence-electron chi connectivity index (χ4n) is 3.82. The molecule has 0 fully saturated rings. The monoisotopic (exact) mass is 476 g/mol. The number of nitrogens with zero attached hydrogens (tertiary/aromatic N) is 3. The minimum Gasteiger partial charge on any atom is -0.382 e. The van der Waals surface area contributed by atoms with Crippen molar-refractivity contribution in [3.05, 3.63) is 89.7 Å². The third kappa shape index (κ3) is 8.00. The third-order valence-electron chi connectivity index (χ3n) is 5.89. The SMILES string of the molecule is CCOCCCN(CC(=O)N(Cc1ccccc1)Cc1cccn1C)C(=O)Nc1ccccc1C. The highest BCUT2D eigenvalue weighted by atomic mass is 16.5. The molecule has 2 aromatic carbocycles. The molecule has 3 rings (SSSR count). The first-order valence-corrected chi connectivity index (χ1v) is 12.1. The van der Waals surface area contributed by atoms with Crippen molar-refractivity contribution in [3.63, 3.8) is 0 Å². The molecule has 0 aliphatic rings. The van der Waals surface area contributed by atoms with E-state index in [2.05, 4.69) is 5.32 Å². The Morgan fingerprint density at radius 1 is 0.943 bits per heavy atom. The van der Waals surface area contributed by atoms with E-state index in [9.17, 15) is 9.59 Å². The van der Waals surface area contributed by atoms with E-state index in [1.54, 1.807) is 9.80 Å². The summed E-state index contributed by atoms with van der Waals surface area (Å²) in [4.78, 5) is 30.2. The van der Waals surface area contributed by atoms with E-state index in [1.165, 1.54) is 0 Å². The molecule has 0 spiro atoms. The molecule has 7 nitrogen and oxygen atoms in total. The van der Waals surface area contributed by atoms with E-state index in [4.69, 9.17) is 4.74 Å². The van der Waals surface area contributed by atoms with Gasteiger partial charge in [-0.1, -0.05) is 48.5 Å². The highest BCUT2D eigenvalue weighted by Crippen LogP contribution is 2.15. The number of carbonyl (C=O) groups excluding carboxylic acids is 2. The maximum Gasteiger partial charge on any atom is 0.322 e. The molecule has 35 heavy (non-hydrogen) atoms. The molecule has 1 heterocycles. The number of benzene rings is 2. The van der Waals surface area contributed by atoms with Crippen LogP contribution < -0.4 is 5.32 Å². The molecule has 3 amide bonds. The van der Waals surface area contributed by atoms with Crippen LogP contribution in [0.2, 0.25) is 0 Å².